The molecule has 17 heavy (non-hydrogen) atoms. The van der Waals surface area contributed by atoms with Crippen LogP contribution >= 0.6 is 0 Å². The first-order chi connectivity index (χ1) is 7.97. The first kappa shape index (κ1) is 14.0. The van der Waals surface area contributed by atoms with Crippen LogP contribution in [0.2, 0.25) is 0 Å². The Morgan fingerprint density at radius 2 is 2.00 bits per heavy atom. The predicted octanol–water partition coefficient (Wildman–Crippen LogP) is 2.29. The van der Waals surface area contributed by atoms with Gasteiger partial charge in [0.15, 0.2) is 0 Å². The van der Waals surface area contributed by atoms with Gasteiger partial charge in [-0.3, -0.25) is 0 Å². The van der Waals surface area contributed by atoms with E-state index in [2.05, 4.69) is 5.32 Å². The maximum absolute atomic E-state index is 10.5. The number of ether oxygens (including phenoxy) is 1. The minimum Gasteiger partial charge on any atom is -0.491 e. The Morgan fingerprint density at radius 3 is 2.59 bits per heavy atom. The van der Waals surface area contributed by atoms with Crippen LogP contribution in [0.5, 0.6) is 5.75 Å². The largest absolute Gasteiger partial charge is 0.491 e. The van der Waals surface area contributed by atoms with Crippen LogP contribution in [0, 0.1) is 0 Å². The molecule has 0 amide bonds. The summed E-state index contributed by atoms with van der Waals surface area (Å²) in [4.78, 5) is 0. The SMILES string of the molecule is CNCCC(C)(O)c1ccccc1OC(C)C. The topological polar surface area (TPSA) is 41.5 Å². The summed E-state index contributed by atoms with van der Waals surface area (Å²) in [7, 11) is 1.88. The highest BCUT2D eigenvalue weighted by Crippen LogP contribution is 2.32. The van der Waals surface area contributed by atoms with Crippen molar-refractivity contribution in [3.05, 3.63) is 29.8 Å². The Bertz CT molecular complexity index is 348. The number of hydrogen-bond donors (Lipinski definition) is 2. The zero-order chi connectivity index (χ0) is 12.9. The molecule has 3 heteroatoms. The summed E-state index contributed by atoms with van der Waals surface area (Å²) in [6.07, 6.45) is 0.762. The zero-order valence-electron chi connectivity index (χ0n) is 11.2. The number of rotatable bonds is 6. The molecule has 1 atom stereocenters. The molecule has 3 nitrogen and oxygen atoms in total. The smallest absolute Gasteiger partial charge is 0.125 e. The van der Waals surface area contributed by atoms with Gasteiger partial charge in [0, 0.05) is 5.56 Å². The molecular formula is C14H23NO2. The fraction of sp³-hybridized carbons (Fsp3) is 0.571. The quantitative estimate of drug-likeness (QED) is 0.797. The molecule has 96 valence electrons. The van der Waals surface area contributed by atoms with Gasteiger partial charge in [-0.1, -0.05) is 18.2 Å². The average molecular weight is 237 g/mol. The second-order valence-electron chi connectivity index (χ2n) is 4.79. The molecular weight excluding hydrogens is 214 g/mol. The van der Waals surface area contributed by atoms with Crippen molar-refractivity contribution in [3.8, 4) is 5.75 Å². The van der Waals surface area contributed by atoms with Crippen LogP contribution < -0.4 is 10.1 Å². The van der Waals surface area contributed by atoms with Crippen molar-refractivity contribution in [2.75, 3.05) is 13.6 Å². The average Bonchev–Trinajstić information content (AvgIpc) is 2.26. The third-order valence-corrected chi connectivity index (χ3v) is 2.69. The van der Waals surface area contributed by atoms with E-state index < -0.39 is 5.60 Å². The summed E-state index contributed by atoms with van der Waals surface area (Å²) in [5.74, 6) is 0.767. The third-order valence-electron chi connectivity index (χ3n) is 2.69. The van der Waals surface area contributed by atoms with Gasteiger partial charge in [0.05, 0.1) is 11.7 Å². The van der Waals surface area contributed by atoms with Gasteiger partial charge in [-0.2, -0.15) is 0 Å². The zero-order valence-corrected chi connectivity index (χ0v) is 11.2. The molecule has 2 N–H and O–H groups in total. The maximum atomic E-state index is 10.5. The lowest BCUT2D eigenvalue weighted by Crippen LogP contribution is -2.27. The Kier molecular flexibility index (Phi) is 4.97. The minimum atomic E-state index is -0.867. The Balaban J connectivity index is 2.94. The van der Waals surface area contributed by atoms with Crippen LogP contribution in [0.4, 0.5) is 0 Å². The lowest BCUT2D eigenvalue weighted by atomic mass is 9.91. The van der Waals surface area contributed by atoms with E-state index in [0.717, 1.165) is 17.9 Å². The number of hydrogen-bond acceptors (Lipinski definition) is 3. The Hall–Kier alpha value is -1.06. The fourth-order valence-corrected chi connectivity index (χ4v) is 1.77. The van der Waals surface area contributed by atoms with Crippen molar-refractivity contribution in [1.82, 2.24) is 5.32 Å². The lowest BCUT2D eigenvalue weighted by Gasteiger charge is -2.27. The third kappa shape index (κ3) is 4.02. The molecule has 0 aromatic heterocycles. The molecule has 1 aromatic carbocycles. The van der Waals surface area contributed by atoms with E-state index in [0.29, 0.717) is 6.42 Å². The van der Waals surface area contributed by atoms with E-state index in [1.165, 1.54) is 0 Å². The van der Waals surface area contributed by atoms with Crippen LogP contribution in [0.25, 0.3) is 0 Å². The van der Waals surface area contributed by atoms with Gasteiger partial charge >= 0.3 is 0 Å². The van der Waals surface area contributed by atoms with E-state index in [1.54, 1.807) is 0 Å². The van der Waals surface area contributed by atoms with Gasteiger partial charge in [-0.05, 0) is 46.9 Å². The van der Waals surface area contributed by atoms with Crippen LogP contribution in [0.1, 0.15) is 32.8 Å². The standard InChI is InChI=1S/C14H23NO2/c1-11(2)17-13-8-6-5-7-12(13)14(3,16)9-10-15-4/h5-8,11,15-16H,9-10H2,1-4H3. The van der Waals surface area contributed by atoms with Crippen molar-refractivity contribution >= 4 is 0 Å². The monoisotopic (exact) mass is 237 g/mol. The summed E-state index contributed by atoms with van der Waals surface area (Å²) >= 11 is 0. The van der Waals surface area contributed by atoms with Crippen LogP contribution in [-0.4, -0.2) is 24.8 Å². The minimum absolute atomic E-state index is 0.108. The van der Waals surface area contributed by atoms with Gasteiger partial charge in [0.2, 0.25) is 0 Å². The molecule has 0 aliphatic rings. The molecule has 0 heterocycles. The molecule has 0 aliphatic carbocycles. The van der Waals surface area contributed by atoms with Gasteiger partial charge in [0.1, 0.15) is 5.75 Å². The molecule has 0 radical (unpaired) electrons. The highest BCUT2D eigenvalue weighted by Gasteiger charge is 2.26. The summed E-state index contributed by atoms with van der Waals surface area (Å²) < 4.78 is 5.73. The fourth-order valence-electron chi connectivity index (χ4n) is 1.77. The summed E-state index contributed by atoms with van der Waals surface area (Å²) in [5.41, 5.74) is -0.0157. The normalized spacial score (nSPS) is 14.7. The number of nitrogens with one attached hydrogen (secondary N) is 1. The number of benzene rings is 1. The molecule has 1 rings (SSSR count). The van der Waals surface area contributed by atoms with Crippen molar-refractivity contribution in [1.29, 1.82) is 0 Å². The lowest BCUT2D eigenvalue weighted by molar-refractivity contribution is 0.0442. The first-order valence-electron chi connectivity index (χ1n) is 6.10. The highest BCUT2D eigenvalue weighted by molar-refractivity contribution is 5.37. The second-order valence-corrected chi connectivity index (χ2v) is 4.79. The van der Waals surface area contributed by atoms with Crippen molar-refractivity contribution in [2.45, 2.75) is 38.9 Å². The van der Waals surface area contributed by atoms with Crippen LogP contribution in [-0.2, 0) is 5.60 Å². The van der Waals surface area contributed by atoms with Crippen molar-refractivity contribution in [3.63, 3.8) is 0 Å². The highest BCUT2D eigenvalue weighted by atomic mass is 16.5. The molecule has 0 aliphatic heterocycles. The molecule has 0 bridgehead atoms. The van der Waals surface area contributed by atoms with Gasteiger partial charge in [-0.25, -0.2) is 0 Å². The predicted molar refractivity (Wildman–Crippen MR) is 70.3 cm³/mol. The van der Waals surface area contributed by atoms with Gasteiger partial charge in [-0.15, -0.1) is 0 Å². The van der Waals surface area contributed by atoms with E-state index in [4.69, 9.17) is 4.74 Å². The molecule has 0 spiro atoms. The van der Waals surface area contributed by atoms with Crippen molar-refractivity contribution in [2.24, 2.45) is 0 Å². The summed E-state index contributed by atoms with van der Waals surface area (Å²) in [6.45, 7) is 6.56. The Labute approximate surface area is 104 Å². The van der Waals surface area contributed by atoms with Crippen LogP contribution in [0.3, 0.4) is 0 Å². The maximum Gasteiger partial charge on any atom is 0.125 e. The van der Waals surface area contributed by atoms with E-state index in [-0.39, 0.29) is 6.10 Å². The first-order valence-corrected chi connectivity index (χ1v) is 6.10. The molecule has 0 saturated carbocycles. The molecule has 1 unspecified atom stereocenters. The van der Waals surface area contributed by atoms with Gasteiger partial charge < -0.3 is 15.2 Å². The van der Waals surface area contributed by atoms with Crippen LogP contribution in [0.15, 0.2) is 24.3 Å². The van der Waals surface area contributed by atoms with E-state index in [9.17, 15) is 5.11 Å². The second kappa shape index (κ2) is 6.03. The number of aliphatic hydroxyl groups is 1. The Morgan fingerprint density at radius 1 is 1.35 bits per heavy atom. The van der Waals surface area contributed by atoms with E-state index >= 15 is 0 Å². The molecule has 0 saturated heterocycles. The molecule has 1 aromatic rings. The summed E-state index contributed by atoms with van der Waals surface area (Å²) in [5, 5.41) is 13.5. The number of para-hydroxylation sites is 1. The van der Waals surface area contributed by atoms with Crippen molar-refractivity contribution < 1.29 is 9.84 Å². The van der Waals surface area contributed by atoms with E-state index in [1.807, 2.05) is 52.1 Å². The molecule has 0 fully saturated rings. The van der Waals surface area contributed by atoms with Gasteiger partial charge in [0.25, 0.3) is 0 Å². The summed E-state index contributed by atoms with van der Waals surface area (Å²) in [6, 6.07) is 7.68.